The van der Waals surface area contributed by atoms with E-state index in [9.17, 15) is 35.2 Å². The molecule has 2 aromatic heterocycles. The summed E-state index contributed by atoms with van der Waals surface area (Å²) in [5.74, 6) is -1.99. The summed E-state index contributed by atoms with van der Waals surface area (Å²) in [7, 11) is -7.89. The predicted molar refractivity (Wildman–Crippen MR) is 214 cm³/mol. The van der Waals surface area contributed by atoms with E-state index in [0.717, 1.165) is 42.4 Å². The molecule has 4 aromatic rings. The molecule has 2 aromatic carbocycles. The molecule has 0 aliphatic heterocycles. The molecule has 0 unspecified atom stereocenters. The lowest BCUT2D eigenvalue weighted by Gasteiger charge is -2.19. The maximum absolute atomic E-state index is 14.0. The van der Waals surface area contributed by atoms with Gasteiger partial charge in [0.05, 0.1) is 24.9 Å². The SMILES string of the molecule is C.CC(C)c1cc(F)cc(C(C)C)c1CC(=O)NS(=O)(=O)c1ncn(C2CC2)n1.CC(C)c1cc(F)cc(C(C)C)c1CC(=O)O.NS(=O)(=O)c1ncn(C2CC2)n1. The van der Waals surface area contributed by atoms with Crippen molar-refractivity contribution in [3.05, 3.63) is 81.9 Å². The number of hydrogen-bond donors (Lipinski definition) is 3. The number of nitrogens with one attached hydrogen (secondary N) is 1. The van der Waals surface area contributed by atoms with Crippen LogP contribution < -0.4 is 9.86 Å². The topological polar surface area (TPSA) is 222 Å². The molecule has 0 bridgehead atoms. The van der Waals surface area contributed by atoms with Crippen LogP contribution in [-0.2, 0) is 42.5 Å². The number of aliphatic carboxylic acids is 1. The molecular formula is C39H56F2N8O7S2. The number of hydrogen-bond acceptors (Lipinski definition) is 10. The van der Waals surface area contributed by atoms with Crippen molar-refractivity contribution in [3.63, 3.8) is 0 Å². The van der Waals surface area contributed by atoms with E-state index in [-0.39, 0.29) is 66.8 Å². The molecule has 1 amide bonds. The fourth-order valence-corrected chi connectivity index (χ4v) is 7.43. The first-order valence-electron chi connectivity index (χ1n) is 18.7. The molecule has 15 nitrogen and oxygen atoms in total. The summed E-state index contributed by atoms with van der Waals surface area (Å²) in [6.07, 6.45) is 6.51. The average molecular weight is 851 g/mol. The second-order valence-electron chi connectivity index (χ2n) is 15.5. The Morgan fingerprint density at radius 2 is 1.05 bits per heavy atom. The van der Waals surface area contributed by atoms with Crippen molar-refractivity contribution in [2.24, 2.45) is 5.14 Å². The van der Waals surface area contributed by atoms with E-state index in [1.54, 1.807) is 4.68 Å². The smallest absolute Gasteiger partial charge is 0.307 e. The van der Waals surface area contributed by atoms with Crippen molar-refractivity contribution in [2.45, 2.75) is 147 Å². The van der Waals surface area contributed by atoms with Crippen molar-refractivity contribution in [1.82, 2.24) is 34.3 Å². The van der Waals surface area contributed by atoms with Gasteiger partial charge in [-0.25, -0.2) is 46.4 Å². The Morgan fingerprint density at radius 3 is 1.36 bits per heavy atom. The van der Waals surface area contributed by atoms with E-state index in [4.69, 9.17) is 10.2 Å². The highest BCUT2D eigenvalue weighted by Gasteiger charge is 2.30. The molecule has 0 atom stereocenters. The number of rotatable bonds is 13. The summed E-state index contributed by atoms with van der Waals surface area (Å²) in [5.41, 5.74) is 4.44. The Bertz CT molecular complexity index is 2240. The van der Waals surface area contributed by atoms with Gasteiger partial charge in [0.1, 0.15) is 24.3 Å². The van der Waals surface area contributed by atoms with Crippen LogP contribution in [-0.4, -0.2) is 63.3 Å². The third kappa shape index (κ3) is 12.9. The van der Waals surface area contributed by atoms with Gasteiger partial charge < -0.3 is 5.11 Å². The standard InChI is InChI=1S/C19H25FN4O3S.C14H19FO2.C5H8N4O2S.CH4/c1-11(2)15-7-13(20)8-16(12(3)4)17(15)9-18(25)23-28(26,27)19-21-10-24(22-19)14-5-6-14;1-8(2)11-5-10(15)6-12(9(3)4)13(11)7-14(16)17;6-12(10,11)5-7-3-9(8-5)4-1-2-4;/h7-8,10-12,14H,5-6,9H2,1-4H3,(H,23,25);5-6,8-9H,7H2,1-4H3,(H,16,17);3-4H,1-2H2,(H2,6,10,11);1H4. The van der Waals surface area contributed by atoms with Crippen LogP contribution in [0, 0.1) is 11.6 Å². The van der Waals surface area contributed by atoms with Gasteiger partial charge in [-0.05, 0) is 107 Å². The molecule has 4 N–H and O–H groups in total. The second kappa shape index (κ2) is 19.4. The average Bonchev–Trinajstić information content (AvgIpc) is 4.02. The summed E-state index contributed by atoms with van der Waals surface area (Å²) in [6.45, 7) is 15.4. The molecule has 19 heteroatoms. The van der Waals surface area contributed by atoms with Crippen LogP contribution in [0.1, 0.15) is 158 Å². The largest absolute Gasteiger partial charge is 0.481 e. The van der Waals surface area contributed by atoms with E-state index >= 15 is 0 Å². The van der Waals surface area contributed by atoms with Crippen LogP contribution in [0.4, 0.5) is 8.78 Å². The third-order valence-corrected chi connectivity index (χ3v) is 11.1. The monoisotopic (exact) mass is 850 g/mol. The van der Waals surface area contributed by atoms with Crippen LogP contribution in [0.25, 0.3) is 0 Å². The van der Waals surface area contributed by atoms with Gasteiger partial charge in [0.25, 0.3) is 20.3 Å². The summed E-state index contributed by atoms with van der Waals surface area (Å²) < 4.78 is 79.0. The van der Waals surface area contributed by atoms with Gasteiger partial charge in [0.2, 0.25) is 5.91 Å². The van der Waals surface area contributed by atoms with E-state index in [0.29, 0.717) is 22.7 Å². The quantitative estimate of drug-likeness (QED) is 0.129. The van der Waals surface area contributed by atoms with Crippen molar-refractivity contribution < 1.29 is 40.3 Å². The van der Waals surface area contributed by atoms with E-state index < -0.39 is 37.1 Å². The fourth-order valence-electron chi connectivity index (χ4n) is 6.17. The Kier molecular flexibility index (Phi) is 16.0. The molecule has 58 heavy (non-hydrogen) atoms. The van der Waals surface area contributed by atoms with Crippen molar-refractivity contribution in [3.8, 4) is 0 Å². The highest BCUT2D eigenvalue weighted by atomic mass is 32.2. The Labute approximate surface area is 340 Å². The van der Waals surface area contributed by atoms with Crippen molar-refractivity contribution in [2.75, 3.05) is 0 Å². The normalized spacial score (nSPS) is 14.1. The highest BCUT2D eigenvalue weighted by molar-refractivity contribution is 7.90. The number of primary sulfonamides is 1. The number of sulfonamides is 2. The molecule has 0 spiro atoms. The minimum absolute atomic E-state index is 0. The molecule has 0 saturated heterocycles. The predicted octanol–water partition coefficient (Wildman–Crippen LogP) is 6.64. The molecule has 0 radical (unpaired) electrons. The zero-order chi connectivity index (χ0) is 42.6. The van der Waals surface area contributed by atoms with E-state index in [1.807, 2.05) is 60.1 Å². The molecule has 2 aliphatic carbocycles. The number of aromatic nitrogens is 6. The zero-order valence-corrected chi connectivity index (χ0v) is 35.0. The van der Waals surface area contributed by atoms with Gasteiger partial charge in [0, 0.05) is 0 Å². The van der Waals surface area contributed by atoms with Gasteiger partial charge in [-0.3, -0.25) is 9.59 Å². The maximum Gasteiger partial charge on any atom is 0.307 e. The lowest BCUT2D eigenvalue weighted by Crippen LogP contribution is -2.33. The number of nitrogens with two attached hydrogens (primary N) is 1. The van der Waals surface area contributed by atoms with Gasteiger partial charge in [0.15, 0.2) is 0 Å². The minimum Gasteiger partial charge on any atom is -0.481 e. The Morgan fingerprint density at radius 1 is 0.707 bits per heavy atom. The van der Waals surface area contributed by atoms with Gasteiger partial charge in [-0.15, -0.1) is 10.2 Å². The molecular weight excluding hydrogens is 795 g/mol. The number of carbonyl (C=O) groups excluding carboxylic acids is 1. The molecule has 2 saturated carbocycles. The van der Waals surface area contributed by atoms with Crippen LogP contribution >= 0.6 is 0 Å². The Balaban J connectivity index is 0.000000255. The van der Waals surface area contributed by atoms with Crippen molar-refractivity contribution >= 4 is 31.9 Å². The van der Waals surface area contributed by atoms with Crippen molar-refractivity contribution in [1.29, 1.82) is 0 Å². The number of carboxylic acids is 1. The first kappa shape index (κ1) is 47.8. The fraction of sp³-hybridized carbons (Fsp3) is 0.538. The summed E-state index contributed by atoms with van der Waals surface area (Å²) >= 11 is 0. The summed E-state index contributed by atoms with van der Waals surface area (Å²) in [5, 5.41) is 20.8. The molecule has 6 rings (SSSR count). The summed E-state index contributed by atoms with van der Waals surface area (Å²) in [4.78, 5) is 30.9. The molecule has 320 valence electrons. The lowest BCUT2D eigenvalue weighted by atomic mass is 9.87. The minimum atomic E-state index is -4.16. The van der Waals surface area contributed by atoms with Crippen LogP contribution in [0.15, 0.2) is 47.2 Å². The zero-order valence-electron chi connectivity index (χ0n) is 33.4. The molecule has 2 fully saturated rings. The first-order chi connectivity index (χ1) is 26.5. The van der Waals surface area contributed by atoms with E-state index in [1.165, 1.54) is 41.6 Å². The number of nitrogens with zero attached hydrogens (tertiary/aromatic N) is 6. The maximum atomic E-state index is 14.0. The molecule has 2 aliphatic rings. The number of carbonyl (C=O) groups is 2. The Hall–Kier alpha value is -4.62. The van der Waals surface area contributed by atoms with Crippen LogP contribution in [0.5, 0.6) is 0 Å². The lowest BCUT2D eigenvalue weighted by molar-refractivity contribution is -0.136. The van der Waals surface area contributed by atoms with Gasteiger partial charge >= 0.3 is 16.0 Å². The van der Waals surface area contributed by atoms with Gasteiger partial charge in [-0.2, -0.15) is 8.42 Å². The number of benzene rings is 2. The second-order valence-corrected chi connectivity index (χ2v) is 18.6. The third-order valence-electron chi connectivity index (χ3n) is 9.28. The van der Waals surface area contributed by atoms with Crippen LogP contribution in [0.3, 0.4) is 0 Å². The molecule has 2 heterocycles. The van der Waals surface area contributed by atoms with E-state index in [2.05, 4.69) is 20.2 Å². The number of halogens is 2. The van der Waals surface area contributed by atoms with Gasteiger partial charge in [-0.1, -0.05) is 62.8 Å². The van der Waals surface area contributed by atoms with Crippen LogP contribution in [0.2, 0.25) is 0 Å². The summed E-state index contributed by atoms with van der Waals surface area (Å²) in [6, 6.07) is 6.24. The number of carboxylic acid groups (broad SMARTS) is 1. The first-order valence-corrected chi connectivity index (χ1v) is 21.8. The highest BCUT2D eigenvalue weighted by Crippen LogP contribution is 2.35. The number of amides is 1.